The molecule has 4 rings (SSSR count). The lowest BCUT2D eigenvalue weighted by Crippen LogP contribution is -2.26. The second-order valence-electron chi connectivity index (χ2n) is 5.97. The molecule has 0 spiro atoms. The Bertz CT molecular complexity index is 953. The van der Waals surface area contributed by atoms with E-state index in [4.69, 9.17) is 9.47 Å². The van der Waals surface area contributed by atoms with Gasteiger partial charge in [-0.25, -0.2) is 4.39 Å². The van der Waals surface area contributed by atoms with Crippen LogP contribution >= 0.6 is 0 Å². The molecule has 7 heteroatoms. The van der Waals surface area contributed by atoms with Crippen LogP contribution in [0.5, 0.6) is 11.5 Å². The zero-order chi connectivity index (χ0) is 18.1. The normalized spacial score (nSPS) is 13.5. The molecule has 0 fully saturated rings. The van der Waals surface area contributed by atoms with Crippen molar-refractivity contribution in [2.45, 2.75) is 13.0 Å². The molecule has 2 heterocycles. The lowest BCUT2D eigenvalue weighted by molar-refractivity contribution is 0.0940. The van der Waals surface area contributed by atoms with E-state index in [1.54, 1.807) is 12.1 Å². The summed E-state index contributed by atoms with van der Waals surface area (Å²) < 4.78 is 23.8. The summed E-state index contributed by atoms with van der Waals surface area (Å²) in [6.45, 7) is 2.09. The van der Waals surface area contributed by atoms with Crippen LogP contribution < -0.4 is 14.8 Å². The van der Waals surface area contributed by atoms with Gasteiger partial charge in [0.2, 0.25) is 6.79 Å². The maximum absolute atomic E-state index is 13.1. The summed E-state index contributed by atoms with van der Waals surface area (Å²) in [6, 6.07) is 11.2. The Morgan fingerprint density at radius 1 is 1.19 bits per heavy atom. The summed E-state index contributed by atoms with van der Waals surface area (Å²) in [5, 5.41) is 9.69. The Kier molecular flexibility index (Phi) is 4.04. The van der Waals surface area contributed by atoms with Crippen LogP contribution in [0.3, 0.4) is 0 Å². The molecule has 2 N–H and O–H groups in total. The fourth-order valence-electron chi connectivity index (χ4n) is 2.84. The maximum Gasteiger partial charge on any atom is 0.255 e. The van der Waals surface area contributed by atoms with Crippen LogP contribution in [0.1, 0.15) is 28.9 Å². The van der Waals surface area contributed by atoms with Gasteiger partial charge in [-0.2, -0.15) is 5.10 Å². The highest BCUT2D eigenvalue weighted by Crippen LogP contribution is 2.34. The van der Waals surface area contributed by atoms with Gasteiger partial charge in [-0.1, -0.05) is 6.07 Å². The van der Waals surface area contributed by atoms with Gasteiger partial charge in [-0.15, -0.1) is 0 Å². The van der Waals surface area contributed by atoms with Crippen molar-refractivity contribution in [3.05, 3.63) is 65.6 Å². The zero-order valence-corrected chi connectivity index (χ0v) is 14.0. The minimum absolute atomic E-state index is 0.204. The van der Waals surface area contributed by atoms with E-state index in [1.807, 2.05) is 25.1 Å². The smallest absolute Gasteiger partial charge is 0.255 e. The van der Waals surface area contributed by atoms with Crippen LogP contribution in [0.25, 0.3) is 11.3 Å². The first-order valence-corrected chi connectivity index (χ1v) is 8.11. The quantitative estimate of drug-likeness (QED) is 0.753. The molecule has 132 valence electrons. The number of H-pyrrole nitrogens is 1. The first-order chi connectivity index (χ1) is 12.6. The Morgan fingerprint density at radius 3 is 2.77 bits per heavy atom. The van der Waals surface area contributed by atoms with Crippen LogP contribution in [0.4, 0.5) is 4.39 Å². The lowest BCUT2D eigenvalue weighted by Gasteiger charge is -2.15. The van der Waals surface area contributed by atoms with Crippen molar-refractivity contribution in [3.8, 4) is 22.8 Å². The van der Waals surface area contributed by atoms with Crippen molar-refractivity contribution in [1.82, 2.24) is 15.5 Å². The number of hydrogen-bond acceptors (Lipinski definition) is 4. The molecule has 0 saturated carbocycles. The van der Waals surface area contributed by atoms with Crippen molar-refractivity contribution in [3.63, 3.8) is 0 Å². The molecular weight excluding hydrogens is 337 g/mol. The molecule has 1 amide bonds. The number of nitrogens with one attached hydrogen (secondary N) is 2. The highest BCUT2D eigenvalue weighted by Gasteiger charge is 2.20. The van der Waals surface area contributed by atoms with Gasteiger partial charge in [0, 0.05) is 5.56 Å². The van der Waals surface area contributed by atoms with E-state index in [0.29, 0.717) is 28.3 Å². The van der Waals surface area contributed by atoms with Crippen molar-refractivity contribution in [2.24, 2.45) is 0 Å². The highest BCUT2D eigenvalue weighted by atomic mass is 19.1. The number of amides is 1. The van der Waals surface area contributed by atoms with E-state index in [2.05, 4.69) is 15.5 Å². The van der Waals surface area contributed by atoms with E-state index < -0.39 is 0 Å². The van der Waals surface area contributed by atoms with Gasteiger partial charge in [-0.3, -0.25) is 9.89 Å². The summed E-state index contributed by atoms with van der Waals surface area (Å²) >= 11 is 0. The number of nitrogens with zero attached hydrogens (tertiary/aromatic N) is 1. The maximum atomic E-state index is 13.1. The number of hydrogen-bond donors (Lipinski definition) is 2. The summed E-state index contributed by atoms with van der Waals surface area (Å²) in [7, 11) is 0. The van der Waals surface area contributed by atoms with Gasteiger partial charge >= 0.3 is 0 Å². The molecule has 0 saturated heterocycles. The van der Waals surface area contributed by atoms with Gasteiger partial charge in [0.1, 0.15) is 5.82 Å². The van der Waals surface area contributed by atoms with Crippen LogP contribution in [-0.2, 0) is 0 Å². The number of carbonyl (C=O) groups excluding carboxylic acids is 1. The molecule has 1 unspecified atom stereocenters. The largest absolute Gasteiger partial charge is 0.454 e. The predicted octanol–water partition coefficient (Wildman–Crippen LogP) is 3.44. The first kappa shape index (κ1) is 16.1. The Labute approximate surface area is 149 Å². The molecule has 2 aromatic carbocycles. The third-order valence-electron chi connectivity index (χ3n) is 4.26. The fourth-order valence-corrected chi connectivity index (χ4v) is 2.84. The average molecular weight is 353 g/mol. The van der Waals surface area contributed by atoms with Crippen LogP contribution in [0.15, 0.2) is 48.7 Å². The minimum atomic E-state index is -0.337. The van der Waals surface area contributed by atoms with E-state index >= 15 is 0 Å². The standard InChI is InChI=1S/C19H16FN3O3/c1-11(13-4-7-16-17(8-13)26-10-25-16)22-19(24)15-9-21-23-18(15)12-2-5-14(20)6-3-12/h2-9,11H,10H2,1H3,(H,21,23)(H,22,24). The van der Waals surface area contributed by atoms with E-state index in [9.17, 15) is 9.18 Å². The highest BCUT2D eigenvalue weighted by molar-refractivity contribution is 5.99. The fraction of sp³-hybridized carbons (Fsp3) is 0.158. The number of rotatable bonds is 4. The van der Waals surface area contributed by atoms with Gasteiger partial charge in [0.25, 0.3) is 5.91 Å². The number of halogens is 1. The van der Waals surface area contributed by atoms with Crippen molar-refractivity contribution >= 4 is 5.91 Å². The van der Waals surface area contributed by atoms with E-state index in [1.165, 1.54) is 18.3 Å². The van der Waals surface area contributed by atoms with Crippen molar-refractivity contribution < 1.29 is 18.7 Å². The molecule has 1 atom stereocenters. The predicted molar refractivity (Wildman–Crippen MR) is 92.4 cm³/mol. The zero-order valence-electron chi connectivity index (χ0n) is 14.0. The Balaban J connectivity index is 1.54. The monoisotopic (exact) mass is 353 g/mol. The number of fused-ring (bicyclic) bond motifs is 1. The number of ether oxygens (including phenoxy) is 2. The minimum Gasteiger partial charge on any atom is -0.454 e. The number of benzene rings is 2. The van der Waals surface area contributed by atoms with Gasteiger partial charge in [0.15, 0.2) is 11.5 Å². The molecular formula is C19H16FN3O3. The second-order valence-corrected chi connectivity index (χ2v) is 5.97. The molecule has 1 aliphatic heterocycles. The van der Waals surface area contributed by atoms with Crippen molar-refractivity contribution in [2.75, 3.05) is 6.79 Å². The molecule has 0 aliphatic carbocycles. The van der Waals surface area contributed by atoms with Crippen LogP contribution in [0, 0.1) is 5.82 Å². The summed E-state index contributed by atoms with van der Waals surface area (Å²) in [4.78, 5) is 12.7. The van der Waals surface area contributed by atoms with Crippen molar-refractivity contribution in [1.29, 1.82) is 0 Å². The molecule has 1 aromatic heterocycles. The first-order valence-electron chi connectivity index (χ1n) is 8.11. The van der Waals surface area contributed by atoms with Gasteiger partial charge in [0.05, 0.1) is 23.5 Å². The molecule has 0 radical (unpaired) electrons. The second kappa shape index (κ2) is 6.51. The van der Waals surface area contributed by atoms with E-state index in [0.717, 1.165) is 5.56 Å². The van der Waals surface area contributed by atoms with Gasteiger partial charge < -0.3 is 14.8 Å². The molecule has 6 nitrogen and oxygen atoms in total. The number of aromatic nitrogens is 2. The van der Waals surface area contributed by atoms with Gasteiger partial charge in [-0.05, 0) is 48.9 Å². The molecule has 0 bridgehead atoms. The topological polar surface area (TPSA) is 76.2 Å². The molecule has 3 aromatic rings. The molecule has 26 heavy (non-hydrogen) atoms. The van der Waals surface area contributed by atoms with Crippen LogP contribution in [0.2, 0.25) is 0 Å². The van der Waals surface area contributed by atoms with Crippen LogP contribution in [-0.4, -0.2) is 22.9 Å². The number of aromatic amines is 1. The third kappa shape index (κ3) is 2.99. The number of carbonyl (C=O) groups is 1. The summed E-state index contributed by atoms with van der Waals surface area (Å²) in [5.41, 5.74) is 2.52. The average Bonchev–Trinajstić information content (AvgIpc) is 3.31. The summed E-state index contributed by atoms with van der Waals surface area (Å²) in [6.07, 6.45) is 1.46. The molecule has 1 aliphatic rings. The lowest BCUT2D eigenvalue weighted by atomic mass is 10.1. The third-order valence-corrected chi connectivity index (χ3v) is 4.26. The SMILES string of the molecule is CC(NC(=O)c1cn[nH]c1-c1ccc(F)cc1)c1ccc2c(c1)OCO2. The summed E-state index contributed by atoms with van der Waals surface area (Å²) in [5.74, 6) is 0.749. The Hall–Kier alpha value is -3.35. The van der Waals surface area contributed by atoms with E-state index in [-0.39, 0.29) is 24.6 Å². The Morgan fingerprint density at radius 2 is 1.96 bits per heavy atom.